The molecule has 31 heavy (non-hydrogen) atoms. The van der Waals surface area contributed by atoms with E-state index in [1.807, 2.05) is 25.1 Å². The van der Waals surface area contributed by atoms with Crippen molar-refractivity contribution < 1.29 is 17.9 Å². The Hall–Kier alpha value is -2.54. The fourth-order valence-electron chi connectivity index (χ4n) is 3.81. The number of nitrogens with zero attached hydrogens (tertiary/aromatic N) is 1. The average molecular weight is 447 g/mol. The van der Waals surface area contributed by atoms with E-state index in [0.717, 1.165) is 6.42 Å². The van der Waals surface area contributed by atoms with E-state index in [9.17, 15) is 13.2 Å². The van der Waals surface area contributed by atoms with Gasteiger partial charge in [-0.2, -0.15) is 0 Å². The zero-order valence-corrected chi connectivity index (χ0v) is 19.9. The van der Waals surface area contributed by atoms with Crippen molar-refractivity contribution >= 4 is 21.6 Å². The van der Waals surface area contributed by atoms with Gasteiger partial charge in [-0.1, -0.05) is 50.2 Å². The predicted molar refractivity (Wildman–Crippen MR) is 126 cm³/mol. The lowest BCUT2D eigenvalue weighted by atomic mass is 9.79. The molecule has 0 aliphatic rings. The van der Waals surface area contributed by atoms with Crippen molar-refractivity contribution in [3.63, 3.8) is 0 Å². The molecule has 0 aliphatic carbocycles. The number of nitrogens with one attached hydrogen (secondary N) is 1. The average Bonchev–Trinajstić information content (AvgIpc) is 2.70. The van der Waals surface area contributed by atoms with Gasteiger partial charge in [0.05, 0.1) is 19.1 Å². The topological polar surface area (TPSA) is 75.7 Å². The first-order chi connectivity index (χ1) is 14.5. The molecule has 0 bridgehead atoms. The SMILES string of the molecule is COc1cccc(N(CCCC(=O)NC(C)CC(C)(C)c2ccccc2)S(C)(=O)=O)c1. The maximum absolute atomic E-state index is 12.4. The first-order valence-electron chi connectivity index (χ1n) is 10.5. The highest BCUT2D eigenvalue weighted by atomic mass is 32.2. The van der Waals surface area contributed by atoms with Gasteiger partial charge in [0.2, 0.25) is 15.9 Å². The maximum atomic E-state index is 12.4. The second-order valence-corrected chi connectivity index (χ2v) is 10.5. The van der Waals surface area contributed by atoms with Crippen LogP contribution >= 0.6 is 0 Å². The van der Waals surface area contributed by atoms with E-state index in [1.54, 1.807) is 24.3 Å². The lowest BCUT2D eigenvalue weighted by Crippen LogP contribution is -2.38. The van der Waals surface area contributed by atoms with Crippen molar-refractivity contribution in [1.29, 1.82) is 0 Å². The first kappa shape index (κ1) is 24.7. The van der Waals surface area contributed by atoms with Gasteiger partial charge in [-0.15, -0.1) is 0 Å². The van der Waals surface area contributed by atoms with Crippen LogP contribution in [-0.2, 0) is 20.2 Å². The summed E-state index contributed by atoms with van der Waals surface area (Å²) in [4.78, 5) is 12.4. The molecule has 2 rings (SSSR count). The van der Waals surface area contributed by atoms with Gasteiger partial charge in [0.1, 0.15) is 5.75 Å². The number of benzene rings is 2. The van der Waals surface area contributed by atoms with E-state index >= 15 is 0 Å². The fourth-order valence-corrected chi connectivity index (χ4v) is 4.76. The summed E-state index contributed by atoms with van der Waals surface area (Å²) >= 11 is 0. The smallest absolute Gasteiger partial charge is 0.232 e. The zero-order valence-electron chi connectivity index (χ0n) is 19.1. The summed E-state index contributed by atoms with van der Waals surface area (Å²) in [5.41, 5.74) is 1.70. The van der Waals surface area contributed by atoms with E-state index in [1.165, 1.54) is 23.2 Å². The molecule has 0 saturated carbocycles. The van der Waals surface area contributed by atoms with Crippen molar-refractivity contribution in [3.8, 4) is 5.75 Å². The molecule has 0 aliphatic heterocycles. The van der Waals surface area contributed by atoms with Crippen LogP contribution in [0.15, 0.2) is 54.6 Å². The van der Waals surface area contributed by atoms with Crippen molar-refractivity contribution in [1.82, 2.24) is 5.32 Å². The molecule has 0 heterocycles. The van der Waals surface area contributed by atoms with Crippen LogP contribution in [0.1, 0.15) is 45.6 Å². The first-order valence-corrected chi connectivity index (χ1v) is 12.3. The number of sulfonamides is 1. The maximum Gasteiger partial charge on any atom is 0.232 e. The molecule has 7 heteroatoms. The molecule has 1 N–H and O–H groups in total. The van der Waals surface area contributed by atoms with Crippen LogP contribution in [-0.4, -0.2) is 40.3 Å². The van der Waals surface area contributed by atoms with E-state index in [4.69, 9.17) is 4.74 Å². The molecule has 1 unspecified atom stereocenters. The highest BCUT2D eigenvalue weighted by Gasteiger charge is 2.24. The predicted octanol–water partition coefficient (Wildman–Crippen LogP) is 4.11. The third kappa shape index (κ3) is 7.58. The quantitative estimate of drug-likeness (QED) is 0.564. The highest BCUT2D eigenvalue weighted by Crippen LogP contribution is 2.28. The number of ether oxygens (including phenoxy) is 1. The third-order valence-corrected chi connectivity index (χ3v) is 6.48. The Labute approximate surface area is 186 Å². The summed E-state index contributed by atoms with van der Waals surface area (Å²) < 4.78 is 31.0. The Morgan fingerprint density at radius 3 is 2.42 bits per heavy atom. The molecule has 0 radical (unpaired) electrons. The second kappa shape index (κ2) is 10.7. The molecule has 1 amide bonds. The summed E-state index contributed by atoms with van der Waals surface area (Å²) in [6.07, 6.45) is 2.65. The Morgan fingerprint density at radius 1 is 1.13 bits per heavy atom. The lowest BCUT2D eigenvalue weighted by Gasteiger charge is -2.29. The van der Waals surface area contributed by atoms with Crippen molar-refractivity contribution in [3.05, 3.63) is 60.2 Å². The van der Waals surface area contributed by atoms with Crippen LogP contribution < -0.4 is 14.4 Å². The van der Waals surface area contributed by atoms with E-state index in [2.05, 4.69) is 31.3 Å². The normalized spacial score (nSPS) is 12.8. The standard InChI is InChI=1S/C24H34N2O4S/c1-19(18-24(2,3)20-11-7-6-8-12-20)25-23(27)15-10-16-26(31(5,28)29)21-13-9-14-22(17-21)30-4/h6-9,11-14,17,19H,10,15-16,18H2,1-5H3,(H,25,27). The van der Waals surface area contributed by atoms with Crippen molar-refractivity contribution in [2.24, 2.45) is 0 Å². The van der Waals surface area contributed by atoms with Gasteiger partial charge in [-0.25, -0.2) is 8.42 Å². The van der Waals surface area contributed by atoms with E-state index < -0.39 is 10.0 Å². The third-order valence-electron chi connectivity index (χ3n) is 5.29. The Morgan fingerprint density at radius 2 is 1.81 bits per heavy atom. The van der Waals surface area contributed by atoms with Gasteiger partial charge in [-0.3, -0.25) is 9.10 Å². The summed E-state index contributed by atoms with van der Waals surface area (Å²) in [6.45, 7) is 6.57. The van der Waals surface area contributed by atoms with Crippen molar-refractivity contribution in [2.45, 2.75) is 51.5 Å². The molecule has 1 atom stereocenters. The van der Waals surface area contributed by atoms with E-state index in [0.29, 0.717) is 17.9 Å². The second-order valence-electron chi connectivity index (χ2n) is 8.56. The van der Waals surface area contributed by atoms with Crippen LogP contribution in [0.25, 0.3) is 0 Å². The zero-order chi connectivity index (χ0) is 23.1. The molecular formula is C24H34N2O4S. The number of methoxy groups -OCH3 is 1. The molecule has 0 spiro atoms. The molecule has 2 aromatic rings. The van der Waals surface area contributed by atoms with Crippen LogP contribution in [0.4, 0.5) is 5.69 Å². The molecule has 2 aromatic carbocycles. The van der Waals surface area contributed by atoms with Gasteiger partial charge in [0.15, 0.2) is 0 Å². The Balaban J connectivity index is 1.90. The molecule has 0 aromatic heterocycles. The van der Waals surface area contributed by atoms with Crippen LogP contribution in [0.5, 0.6) is 5.75 Å². The lowest BCUT2D eigenvalue weighted by molar-refractivity contribution is -0.121. The van der Waals surface area contributed by atoms with Crippen LogP contribution in [0, 0.1) is 0 Å². The Kier molecular flexibility index (Phi) is 8.51. The van der Waals surface area contributed by atoms with Crippen molar-refractivity contribution in [2.75, 3.05) is 24.2 Å². The minimum Gasteiger partial charge on any atom is -0.497 e. The minimum absolute atomic E-state index is 0.00658. The Bertz CT molecular complexity index is 959. The molecule has 0 fully saturated rings. The van der Waals surface area contributed by atoms with Gasteiger partial charge in [0.25, 0.3) is 0 Å². The number of hydrogen-bond donors (Lipinski definition) is 1. The van der Waals surface area contributed by atoms with Gasteiger partial charge in [0, 0.05) is 25.1 Å². The minimum atomic E-state index is -3.47. The summed E-state index contributed by atoms with van der Waals surface area (Å²) in [6, 6.07) is 17.2. The van der Waals surface area contributed by atoms with Crippen LogP contribution in [0.2, 0.25) is 0 Å². The van der Waals surface area contributed by atoms with E-state index in [-0.39, 0.29) is 30.3 Å². The van der Waals surface area contributed by atoms with Gasteiger partial charge < -0.3 is 10.1 Å². The largest absolute Gasteiger partial charge is 0.497 e. The monoisotopic (exact) mass is 446 g/mol. The number of anilines is 1. The van der Waals surface area contributed by atoms with Gasteiger partial charge >= 0.3 is 0 Å². The molecule has 170 valence electrons. The number of carbonyl (C=O) groups is 1. The number of carbonyl (C=O) groups excluding carboxylic acids is 1. The molecule has 0 saturated heterocycles. The summed E-state index contributed by atoms with van der Waals surface area (Å²) in [5.74, 6) is 0.509. The van der Waals surface area contributed by atoms with Crippen LogP contribution in [0.3, 0.4) is 0 Å². The summed E-state index contributed by atoms with van der Waals surface area (Å²) in [7, 11) is -1.94. The number of rotatable bonds is 11. The number of hydrogen-bond acceptors (Lipinski definition) is 4. The molecule has 6 nitrogen and oxygen atoms in total. The fraction of sp³-hybridized carbons (Fsp3) is 0.458. The molecular weight excluding hydrogens is 412 g/mol. The summed E-state index contributed by atoms with van der Waals surface area (Å²) in [5, 5.41) is 3.05. The van der Waals surface area contributed by atoms with Gasteiger partial charge in [-0.05, 0) is 42.9 Å². The highest BCUT2D eigenvalue weighted by molar-refractivity contribution is 7.92. The number of amides is 1.